The molecule has 0 fully saturated rings. The van der Waals surface area contributed by atoms with E-state index in [4.69, 9.17) is 34.8 Å². The van der Waals surface area contributed by atoms with E-state index in [1.165, 1.54) is 11.8 Å². The first-order chi connectivity index (χ1) is 8.47. The molecule has 94 valence electrons. The van der Waals surface area contributed by atoms with Crippen LogP contribution in [-0.2, 0) is 0 Å². The second kappa shape index (κ2) is 5.66. The van der Waals surface area contributed by atoms with E-state index in [0.29, 0.717) is 20.2 Å². The van der Waals surface area contributed by atoms with E-state index >= 15 is 0 Å². The van der Waals surface area contributed by atoms with Crippen LogP contribution in [0.1, 0.15) is 11.4 Å². The highest BCUT2D eigenvalue weighted by Crippen LogP contribution is 2.36. The molecule has 0 amide bonds. The van der Waals surface area contributed by atoms with Crippen molar-refractivity contribution >= 4 is 46.6 Å². The molecule has 0 aliphatic carbocycles. The van der Waals surface area contributed by atoms with Crippen molar-refractivity contribution in [2.24, 2.45) is 0 Å². The first-order valence-corrected chi connectivity index (χ1v) is 7.06. The van der Waals surface area contributed by atoms with Gasteiger partial charge in [0.15, 0.2) is 5.15 Å². The van der Waals surface area contributed by atoms with E-state index in [1.807, 2.05) is 13.8 Å². The second-order valence-corrected chi connectivity index (χ2v) is 5.90. The Hall–Kier alpha value is -0.480. The highest BCUT2D eigenvalue weighted by atomic mass is 35.5. The van der Waals surface area contributed by atoms with Crippen LogP contribution >= 0.6 is 46.6 Å². The lowest BCUT2D eigenvalue weighted by molar-refractivity contribution is 0.958. The number of hydrogen-bond donors (Lipinski definition) is 0. The molecular weight excluding hydrogens is 311 g/mol. The lowest BCUT2D eigenvalue weighted by Gasteiger charge is -2.07. The highest BCUT2D eigenvalue weighted by molar-refractivity contribution is 7.99. The number of hydrogen-bond acceptors (Lipinski definition) is 3. The fourth-order valence-electron chi connectivity index (χ4n) is 1.28. The molecular formula is C12H9Cl3N2S. The smallest absolute Gasteiger partial charge is 0.161 e. The van der Waals surface area contributed by atoms with E-state index in [-0.39, 0.29) is 0 Å². The Labute approximate surface area is 125 Å². The SMILES string of the molecule is Cc1nc(Cl)c(Sc2cc(Cl)ccc2Cl)nc1C. The largest absolute Gasteiger partial charge is 0.241 e. The van der Waals surface area contributed by atoms with E-state index in [1.54, 1.807) is 18.2 Å². The fourth-order valence-corrected chi connectivity index (χ4v) is 2.91. The maximum absolute atomic E-state index is 6.10. The fraction of sp³-hybridized carbons (Fsp3) is 0.167. The molecule has 2 rings (SSSR count). The van der Waals surface area contributed by atoms with Gasteiger partial charge in [-0.2, -0.15) is 0 Å². The third-order valence-corrected chi connectivity index (χ3v) is 4.42. The number of nitrogens with zero attached hydrogens (tertiary/aromatic N) is 2. The molecule has 18 heavy (non-hydrogen) atoms. The van der Waals surface area contributed by atoms with Crippen LogP contribution in [0.4, 0.5) is 0 Å². The summed E-state index contributed by atoms with van der Waals surface area (Å²) in [6.07, 6.45) is 0. The van der Waals surface area contributed by atoms with E-state index < -0.39 is 0 Å². The van der Waals surface area contributed by atoms with Gasteiger partial charge in [-0.3, -0.25) is 0 Å². The van der Waals surface area contributed by atoms with Crippen LogP contribution in [0, 0.1) is 13.8 Å². The van der Waals surface area contributed by atoms with Crippen LogP contribution in [0.2, 0.25) is 15.2 Å². The van der Waals surface area contributed by atoms with E-state index in [9.17, 15) is 0 Å². The van der Waals surface area contributed by atoms with Gasteiger partial charge in [0, 0.05) is 9.92 Å². The molecule has 0 saturated heterocycles. The van der Waals surface area contributed by atoms with Gasteiger partial charge in [-0.25, -0.2) is 9.97 Å². The van der Waals surface area contributed by atoms with Gasteiger partial charge in [-0.1, -0.05) is 46.6 Å². The zero-order valence-corrected chi connectivity index (χ0v) is 12.8. The van der Waals surface area contributed by atoms with Crippen molar-refractivity contribution in [1.29, 1.82) is 0 Å². The standard InChI is InChI=1S/C12H9Cl3N2S/c1-6-7(2)17-12(11(15)16-6)18-10-5-8(13)3-4-9(10)14/h3-5H,1-2H3. The minimum atomic E-state index is 0.374. The summed E-state index contributed by atoms with van der Waals surface area (Å²) in [4.78, 5) is 9.44. The van der Waals surface area contributed by atoms with Crippen molar-refractivity contribution in [3.8, 4) is 0 Å². The van der Waals surface area contributed by atoms with Gasteiger partial charge in [-0.15, -0.1) is 0 Å². The van der Waals surface area contributed by atoms with Crippen LogP contribution < -0.4 is 0 Å². The predicted octanol–water partition coefficient (Wildman–Crippen LogP) is 5.20. The number of halogens is 3. The lowest BCUT2D eigenvalue weighted by Crippen LogP contribution is -1.95. The normalized spacial score (nSPS) is 10.7. The van der Waals surface area contributed by atoms with Crippen LogP contribution in [-0.4, -0.2) is 9.97 Å². The van der Waals surface area contributed by atoms with Gasteiger partial charge < -0.3 is 0 Å². The van der Waals surface area contributed by atoms with Gasteiger partial charge in [-0.05, 0) is 32.0 Å². The summed E-state index contributed by atoms with van der Waals surface area (Å²) in [6.45, 7) is 3.76. The Balaban J connectivity index is 2.40. The molecule has 0 unspecified atom stereocenters. The summed E-state index contributed by atoms with van der Waals surface area (Å²) in [7, 11) is 0. The molecule has 1 heterocycles. The quantitative estimate of drug-likeness (QED) is 0.760. The van der Waals surface area contributed by atoms with E-state index in [0.717, 1.165) is 16.3 Å². The zero-order chi connectivity index (χ0) is 13.3. The number of aromatic nitrogens is 2. The Morgan fingerprint density at radius 3 is 2.39 bits per heavy atom. The first kappa shape index (κ1) is 13.9. The molecule has 2 aromatic rings. The third-order valence-electron chi connectivity index (χ3n) is 2.34. The van der Waals surface area contributed by atoms with Gasteiger partial charge in [0.1, 0.15) is 5.03 Å². The van der Waals surface area contributed by atoms with Crippen LogP contribution in [0.15, 0.2) is 28.1 Å². The zero-order valence-electron chi connectivity index (χ0n) is 9.67. The van der Waals surface area contributed by atoms with Crippen LogP contribution in [0.5, 0.6) is 0 Å². The molecule has 2 nitrogen and oxygen atoms in total. The molecule has 0 atom stereocenters. The Morgan fingerprint density at radius 2 is 1.67 bits per heavy atom. The maximum Gasteiger partial charge on any atom is 0.161 e. The molecule has 0 aliphatic rings. The minimum Gasteiger partial charge on any atom is -0.241 e. The van der Waals surface area contributed by atoms with Gasteiger partial charge in [0.2, 0.25) is 0 Å². The Bertz CT molecular complexity index is 602. The molecule has 0 aliphatic heterocycles. The van der Waals surface area contributed by atoms with Crippen LogP contribution in [0.25, 0.3) is 0 Å². The summed E-state index contributed by atoms with van der Waals surface area (Å²) in [5, 5.41) is 2.23. The van der Waals surface area contributed by atoms with Crippen molar-refractivity contribution in [3.05, 3.63) is 44.8 Å². The molecule has 0 radical (unpaired) electrons. The molecule has 0 N–H and O–H groups in total. The molecule has 6 heteroatoms. The van der Waals surface area contributed by atoms with Crippen molar-refractivity contribution in [2.45, 2.75) is 23.8 Å². The van der Waals surface area contributed by atoms with Crippen molar-refractivity contribution in [2.75, 3.05) is 0 Å². The monoisotopic (exact) mass is 318 g/mol. The highest BCUT2D eigenvalue weighted by Gasteiger charge is 2.11. The summed E-state index contributed by atoms with van der Waals surface area (Å²) >= 11 is 19.5. The van der Waals surface area contributed by atoms with Crippen LogP contribution in [0.3, 0.4) is 0 Å². The van der Waals surface area contributed by atoms with E-state index in [2.05, 4.69) is 9.97 Å². The summed E-state index contributed by atoms with van der Waals surface area (Å²) in [5.41, 5.74) is 1.67. The molecule has 0 saturated carbocycles. The topological polar surface area (TPSA) is 25.8 Å². The first-order valence-electron chi connectivity index (χ1n) is 5.11. The number of benzene rings is 1. The third kappa shape index (κ3) is 3.09. The van der Waals surface area contributed by atoms with Gasteiger partial charge in [0.25, 0.3) is 0 Å². The Kier molecular flexibility index (Phi) is 4.38. The maximum atomic E-state index is 6.10. The summed E-state index contributed by atoms with van der Waals surface area (Å²) < 4.78 is 0. The van der Waals surface area contributed by atoms with Gasteiger partial charge in [0.05, 0.1) is 16.4 Å². The average Bonchev–Trinajstić information content (AvgIpc) is 2.30. The summed E-state index contributed by atoms with van der Waals surface area (Å²) in [6, 6.07) is 5.26. The molecule has 1 aromatic carbocycles. The average molecular weight is 320 g/mol. The second-order valence-electron chi connectivity index (χ2n) is 3.67. The number of rotatable bonds is 2. The predicted molar refractivity (Wildman–Crippen MR) is 77.1 cm³/mol. The van der Waals surface area contributed by atoms with Crippen molar-refractivity contribution in [3.63, 3.8) is 0 Å². The molecule has 1 aromatic heterocycles. The summed E-state index contributed by atoms with van der Waals surface area (Å²) in [5.74, 6) is 0. The van der Waals surface area contributed by atoms with Crippen molar-refractivity contribution in [1.82, 2.24) is 9.97 Å². The minimum absolute atomic E-state index is 0.374. The van der Waals surface area contributed by atoms with Gasteiger partial charge >= 0.3 is 0 Å². The lowest BCUT2D eigenvalue weighted by atomic mass is 10.4. The number of aryl methyl sites for hydroxylation is 2. The molecule has 0 spiro atoms. The van der Waals surface area contributed by atoms with Crippen molar-refractivity contribution < 1.29 is 0 Å². The Morgan fingerprint density at radius 1 is 1.00 bits per heavy atom. The molecule has 0 bridgehead atoms.